The zero-order chi connectivity index (χ0) is 13.4. The van der Waals surface area contributed by atoms with Gasteiger partial charge in [-0.2, -0.15) is 0 Å². The maximum absolute atomic E-state index is 11.8. The molecule has 5 nitrogen and oxygen atoms in total. The van der Waals surface area contributed by atoms with E-state index in [0.29, 0.717) is 31.2 Å². The van der Waals surface area contributed by atoms with Gasteiger partial charge >= 0.3 is 0 Å². The number of carbonyl (C=O) groups excluding carboxylic acids is 1. The Kier molecular flexibility index (Phi) is 6.18. The van der Waals surface area contributed by atoms with Gasteiger partial charge in [-0.3, -0.25) is 4.79 Å². The molecule has 3 N–H and O–H groups in total. The van der Waals surface area contributed by atoms with Gasteiger partial charge in [0.15, 0.2) is 0 Å². The molecule has 1 rings (SSSR count). The fourth-order valence-electron chi connectivity index (χ4n) is 1.29. The Hall–Kier alpha value is -1.59. The number of anilines is 1. The fraction of sp³-hybridized carbons (Fsp3) is 0.462. The minimum absolute atomic E-state index is 0.111. The van der Waals surface area contributed by atoms with E-state index in [9.17, 15) is 4.79 Å². The molecule has 0 saturated heterocycles. The molecule has 1 atom stereocenters. The van der Waals surface area contributed by atoms with Crippen LogP contribution in [-0.2, 0) is 9.53 Å². The van der Waals surface area contributed by atoms with E-state index in [0.717, 1.165) is 0 Å². The molecular weight excluding hydrogens is 232 g/mol. The number of benzene rings is 1. The highest BCUT2D eigenvalue weighted by molar-refractivity contribution is 5.93. The van der Waals surface area contributed by atoms with Crippen LogP contribution in [0.5, 0.6) is 5.75 Å². The Labute approximate surface area is 107 Å². The van der Waals surface area contributed by atoms with Gasteiger partial charge in [0.2, 0.25) is 5.91 Å². The van der Waals surface area contributed by atoms with E-state index < -0.39 is 0 Å². The van der Waals surface area contributed by atoms with Crippen LogP contribution in [0.15, 0.2) is 24.3 Å². The average molecular weight is 252 g/mol. The van der Waals surface area contributed by atoms with Crippen LogP contribution in [0.1, 0.15) is 6.92 Å². The molecule has 0 aliphatic heterocycles. The molecule has 0 aliphatic carbocycles. The van der Waals surface area contributed by atoms with Gasteiger partial charge in [-0.25, -0.2) is 0 Å². The van der Waals surface area contributed by atoms with Crippen molar-refractivity contribution in [1.29, 1.82) is 0 Å². The van der Waals surface area contributed by atoms with E-state index in [4.69, 9.17) is 15.2 Å². The smallest absolute Gasteiger partial charge is 0.228 e. The van der Waals surface area contributed by atoms with Gasteiger partial charge in [0.1, 0.15) is 12.4 Å². The summed E-state index contributed by atoms with van der Waals surface area (Å²) >= 11 is 0. The minimum atomic E-state index is -0.225. The fourth-order valence-corrected chi connectivity index (χ4v) is 1.29. The summed E-state index contributed by atoms with van der Waals surface area (Å²) in [5.74, 6) is 0.296. The molecule has 0 radical (unpaired) electrons. The van der Waals surface area contributed by atoms with E-state index >= 15 is 0 Å². The molecule has 1 aromatic rings. The molecule has 0 fully saturated rings. The number of ether oxygens (including phenoxy) is 2. The highest BCUT2D eigenvalue weighted by Gasteiger charge is 2.13. The second kappa shape index (κ2) is 7.68. The van der Waals surface area contributed by atoms with Crippen molar-refractivity contribution >= 4 is 11.6 Å². The number of hydrogen-bond donors (Lipinski definition) is 2. The third-order valence-electron chi connectivity index (χ3n) is 2.49. The number of carbonyl (C=O) groups is 1. The predicted molar refractivity (Wildman–Crippen MR) is 70.7 cm³/mol. The van der Waals surface area contributed by atoms with E-state index in [1.807, 2.05) is 12.1 Å². The van der Waals surface area contributed by atoms with Crippen molar-refractivity contribution in [3.63, 3.8) is 0 Å². The Morgan fingerprint density at radius 1 is 1.39 bits per heavy atom. The number of nitrogens with two attached hydrogens (primary N) is 1. The number of amides is 1. The lowest BCUT2D eigenvalue weighted by molar-refractivity contribution is -0.119. The van der Waals surface area contributed by atoms with E-state index in [2.05, 4.69) is 5.32 Å². The predicted octanol–water partition coefficient (Wildman–Crippen LogP) is 1.25. The summed E-state index contributed by atoms with van der Waals surface area (Å²) in [4.78, 5) is 11.8. The normalized spacial score (nSPS) is 11.9. The van der Waals surface area contributed by atoms with Gasteiger partial charge in [0.25, 0.3) is 0 Å². The van der Waals surface area contributed by atoms with Crippen LogP contribution >= 0.6 is 0 Å². The molecule has 0 saturated carbocycles. The molecule has 0 bridgehead atoms. The summed E-state index contributed by atoms with van der Waals surface area (Å²) in [5.41, 5.74) is 6.11. The molecule has 1 aromatic carbocycles. The third kappa shape index (κ3) is 4.35. The number of nitrogens with one attached hydrogen (secondary N) is 1. The second-order valence-electron chi connectivity index (χ2n) is 3.96. The van der Waals surface area contributed by atoms with Crippen LogP contribution in [0.25, 0.3) is 0 Å². The number of para-hydroxylation sites is 2. The standard InChI is InChI=1S/C13H20N2O3/c1-10(9-14)13(16)15-11-5-3-4-6-12(11)18-8-7-17-2/h3-6,10H,7-9,14H2,1-2H3,(H,15,16). The van der Waals surface area contributed by atoms with Gasteiger partial charge in [0.05, 0.1) is 12.3 Å². The molecular formula is C13H20N2O3. The van der Waals surface area contributed by atoms with Crippen molar-refractivity contribution in [2.45, 2.75) is 6.92 Å². The van der Waals surface area contributed by atoms with Gasteiger partial charge in [-0.1, -0.05) is 19.1 Å². The van der Waals surface area contributed by atoms with Gasteiger partial charge in [0, 0.05) is 19.6 Å². The van der Waals surface area contributed by atoms with Crippen molar-refractivity contribution in [1.82, 2.24) is 0 Å². The topological polar surface area (TPSA) is 73.6 Å². The van der Waals surface area contributed by atoms with Crippen molar-refractivity contribution in [2.75, 3.05) is 32.2 Å². The minimum Gasteiger partial charge on any atom is -0.489 e. The summed E-state index contributed by atoms with van der Waals surface area (Å²) in [6.45, 7) is 3.04. The van der Waals surface area contributed by atoms with Crippen molar-refractivity contribution in [3.8, 4) is 5.75 Å². The molecule has 100 valence electrons. The van der Waals surface area contributed by atoms with Crippen LogP contribution in [-0.4, -0.2) is 32.8 Å². The molecule has 0 spiro atoms. The zero-order valence-electron chi connectivity index (χ0n) is 10.8. The van der Waals surface area contributed by atoms with Crippen LogP contribution < -0.4 is 15.8 Å². The summed E-state index contributed by atoms with van der Waals surface area (Å²) in [5, 5.41) is 2.80. The van der Waals surface area contributed by atoms with Crippen LogP contribution in [0.2, 0.25) is 0 Å². The van der Waals surface area contributed by atoms with Crippen molar-refractivity contribution in [2.24, 2.45) is 11.7 Å². The number of rotatable bonds is 7. The lowest BCUT2D eigenvalue weighted by Gasteiger charge is -2.14. The maximum Gasteiger partial charge on any atom is 0.228 e. The number of methoxy groups -OCH3 is 1. The molecule has 0 heterocycles. The summed E-state index contributed by atoms with van der Waals surface area (Å²) in [6.07, 6.45) is 0. The lowest BCUT2D eigenvalue weighted by Crippen LogP contribution is -2.26. The van der Waals surface area contributed by atoms with Gasteiger partial charge in [-0.15, -0.1) is 0 Å². The summed E-state index contributed by atoms with van der Waals surface area (Å²) < 4.78 is 10.4. The molecule has 18 heavy (non-hydrogen) atoms. The second-order valence-corrected chi connectivity index (χ2v) is 3.96. The Morgan fingerprint density at radius 2 is 2.11 bits per heavy atom. The van der Waals surface area contributed by atoms with Gasteiger partial charge in [-0.05, 0) is 12.1 Å². The highest BCUT2D eigenvalue weighted by Crippen LogP contribution is 2.24. The van der Waals surface area contributed by atoms with Crippen LogP contribution in [0, 0.1) is 5.92 Å². The zero-order valence-corrected chi connectivity index (χ0v) is 10.8. The first-order chi connectivity index (χ1) is 8.69. The Balaban J connectivity index is 2.66. The molecule has 5 heteroatoms. The van der Waals surface area contributed by atoms with Crippen LogP contribution in [0.4, 0.5) is 5.69 Å². The summed E-state index contributed by atoms with van der Waals surface area (Å²) in [6, 6.07) is 7.29. The molecule has 1 amide bonds. The van der Waals surface area contributed by atoms with E-state index in [-0.39, 0.29) is 11.8 Å². The van der Waals surface area contributed by atoms with Crippen molar-refractivity contribution < 1.29 is 14.3 Å². The lowest BCUT2D eigenvalue weighted by atomic mass is 10.1. The molecule has 0 aromatic heterocycles. The molecule has 0 aliphatic rings. The van der Waals surface area contributed by atoms with E-state index in [1.54, 1.807) is 26.2 Å². The van der Waals surface area contributed by atoms with Crippen molar-refractivity contribution in [3.05, 3.63) is 24.3 Å². The third-order valence-corrected chi connectivity index (χ3v) is 2.49. The average Bonchev–Trinajstić information content (AvgIpc) is 2.40. The number of hydrogen-bond acceptors (Lipinski definition) is 4. The van der Waals surface area contributed by atoms with E-state index in [1.165, 1.54) is 0 Å². The van der Waals surface area contributed by atoms with Crippen LogP contribution in [0.3, 0.4) is 0 Å². The maximum atomic E-state index is 11.8. The summed E-state index contributed by atoms with van der Waals surface area (Å²) in [7, 11) is 1.61. The molecule has 1 unspecified atom stereocenters. The van der Waals surface area contributed by atoms with Gasteiger partial charge < -0.3 is 20.5 Å². The SMILES string of the molecule is COCCOc1ccccc1NC(=O)C(C)CN. The Morgan fingerprint density at radius 3 is 2.78 bits per heavy atom. The Bertz CT molecular complexity index is 382. The largest absolute Gasteiger partial charge is 0.489 e. The monoisotopic (exact) mass is 252 g/mol. The first-order valence-electron chi connectivity index (χ1n) is 5.90. The first kappa shape index (κ1) is 14.5. The quantitative estimate of drug-likeness (QED) is 0.716. The first-order valence-corrected chi connectivity index (χ1v) is 5.90. The highest BCUT2D eigenvalue weighted by atomic mass is 16.5.